The number of fused-ring (bicyclic) bond motifs is 1. The van der Waals surface area contributed by atoms with Crippen molar-refractivity contribution < 1.29 is 9.53 Å². The van der Waals surface area contributed by atoms with Crippen molar-refractivity contribution in [2.75, 3.05) is 13.2 Å². The number of nitrogens with zero attached hydrogens (tertiary/aromatic N) is 1. The highest BCUT2D eigenvalue weighted by Gasteiger charge is 2.09. The molecule has 0 spiro atoms. The van der Waals surface area contributed by atoms with Crippen molar-refractivity contribution >= 4 is 40.1 Å². The van der Waals surface area contributed by atoms with E-state index < -0.39 is 0 Å². The van der Waals surface area contributed by atoms with Gasteiger partial charge in [-0.2, -0.15) is 0 Å². The molecule has 0 aliphatic rings. The Morgan fingerprint density at radius 2 is 1.88 bits per heavy atom. The van der Waals surface area contributed by atoms with Gasteiger partial charge in [0.25, 0.3) is 5.91 Å². The zero-order valence-electron chi connectivity index (χ0n) is 12.7. The number of carbonyl (C=O) groups excluding carboxylic acids is 1. The first-order chi connectivity index (χ1) is 11.6. The molecule has 7 heteroatoms. The Hall–Kier alpha value is -2.24. The summed E-state index contributed by atoms with van der Waals surface area (Å²) in [5.41, 5.74) is 1.89. The lowest BCUT2D eigenvalue weighted by molar-refractivity contribution is -0.123. The molecule has 1 amide bonds. The molecule has 0 saturated carbocycles. The van der Waals surface area contributed by atoms with Crippen molar-refractivity contribution in [3.8, 4) is 5.75 Å². The van der Waals surface area contributed by atoms with Crippen molar-refractivity contribution in [1.82, 2.24) is 15.3 Å². The maximum absolute atomic E-state index is 11.8. The number of aromatic nitrogens is 2. The van der Waals surface area contributed by atoms with Gasteiger partial charge < -0.3 is 15.0 Å². The quantitative estimate of drug-likeness (QED) is 0.702. The number of amides is 1. The minimum absolute atomic E-state index is 0.149. The predicted molar refractivity (Wildman–Crippen MR) is 94.8 cm³/mol. The second kappa shape index (κ2) is 7.55. The van der Waals surface area contributed by atoms with Crippen LogP contribution in [0.15, 0.2) is 42.5 Å². The van der Waals surface area contributed by atoms with E-state index in [0.717, 1.165) is 16.9 Å². The van der Waals surface area contributed by atoms with E-state index in [1.807, 2.05) is 24.3 Å². The Balaban J connectivity index is 1.47. The van der Waals surface area contributed by atoms with Gasteiger partial charge in [-0.1, -0.05) is 41.4 Å². The van der Waals surface area contributed by atoms with Gasteiger partial charge in [-0.3, -0.25) is 4.79 Å². The van der Waals surface area contributed by atoms with Gasteiger partial charge in [0.1, 0.15) is 5.82 Å². The number of hydrogen-bond donors (Lipinski definition) is 2. The predicted octanol–water partition coefficient (Wildman–Crippen LogP) is 3.61. The zero-order chi connectivity index (χ0) is 16.9. The molecule has 24 heavy (non-hydrogen) atoms. The Bertz CT molecular complexity index is 811. The maximum Gasteiger partial charge on any atom is 0.257 e. The summed E-state index contributed by atoms with van der Waals surface area (Å²) in [6.07, 6.45) is 0.604. The molecule has 124 valence electrons. The summed E-state index contributed by atoms with van der Waals surface area (Å²) >= 11 is 12.0. The second-order valence-corrected chi connectivity index (χ2v) is 5.95. The lowest BCUT2D eigenvalue weighted by atomic mass is 10.3. The highest BCUT2D eigenvalue weighted by Crippen LogP contribution is 2.32. The summed E-state index contributed by atoms with van der Waals surface area (Å²) in [5.74, 6) is 0.891. The van der Waals surface area contributed by atoms with Crippen LogP contribution in [0.2, 0.25) is 10.0 Å². The molecular formula is C17H15Cl2N3O2. The minimum atomic E-state index is -0.248. The Morgan fingerprint density at radius 3 is 2.62 bits per heavy atom. The van der Waals surface area contributed by atoms with Gasteiger partial charge in [-0.25, -0.2) is 4.98 Å². The van der Waals surface area contributed by atoms with E-state index in [1.165, 1.54) is 0 Å². The second-order valence-electron chi connectivity index (χ2n) is 5.14. The van der Waals surface area contributed by atoms with Gasteiger partial charge in [0.05, 0.1) is 21.1 Å². The highest BCUT2D eigenvalue weighted by atomic mass is 35.5. The molecule has 1 aromatic heterocycles. The van der Waals surface area contributed by atoms with Crippen LogP contribution in [0.1, 0.15) is 5.82 Å². The molecular weight excluding hydrogens is 349 g/mol. The number of ether oxygens (including phenoxy) is 1. The number of H-pyrrole nitrogens is 1. The van der Waals surface area contributed by atoms with Crippen molar-refractivity contribution in [2.45, 2.75) is 6.42 Å². The van der Waals surface area contributed by atoms with Crippen LogP contribution in [-0.4, -0.2) is 29.0 Å². The molecule has 0 atom stereocenters. The van der Waals surface area contributed by atoms with Crippen LogP contribution in [0.4, 0.5) is 0 Å². The number of rotatable bonds is 6. The van der Waals surface area contributed by atoms with Crippen LogP contribution in [0, 0.1) is 0 Å². The molecule has 1 heterocycles. The van der Waals surface area contributed by atoms with Crippen LogP contribution < -0.4 is 10.1 Å². The molecule has 0 radical (unpaired) electrons. The van der Waals surface area contributed by atoms with Crippen molar-refractivity contribution in [3.63, 3.8) is 0 Å². The molecule has 2 aromatic carbocycles. The van der Waals surface area contributed by atoms with Crippen LogP contribution in [0.25, 0.3) is 11.0 Å². The van der Waals surface area contributed by atoms with Gasteiger partial charge in [-0.05, 0) is 24.3 Å². The summed E-state index contributed by atoms with van der Waals surface area (Å²) in [6.45, 7) is 0.307. The normalized spacial score (nSPS) is 10.8. The smallest absolute Gasteiger partial charge is 0.257 e. The number of benzene rings is 2. The van der Waals surface area contributed by atoms with Gasteiger partial charge >= 0.3 is 0 Å². The zero-order valence-corrected chi connectivity index (χ0v) is 14.2. The number of carbonyl (C=O) groups is 1. The average Bonchev–Trinajstić information content (AvgIpc) is 2.97. The topological polar surface area (TPSA) is 67.0 Å². The van der Waals surface area contributed by atoms with Crippen molar-refractivity contribution in [3.05, 3.63) is 58.3 Å². The van der Waals surface area contributed by atoms with Crippen LogP contribution in [0.5, 0.6) is 5.75 Å². The van der Waals surface area contributed by atoms with Crippen LogP contribution >= 0.6 is 23.2 Å². The molecule has 0 aliphatic heterocycles. The third-order valence-corrected chi connectivity index (χ3v) is 3.98. The molecule has 0 saturated heterocycles. The number of hydrogen-bond acceptors (Lipinski definition) is 3. The molecule has 0 fully saturated rings. The van der Waals surface area contributed by atoms with Crippen LogP contribution in [-0.2, 0) is 11.2 Å². The number of nitrogens with one attached hydrogen (secondary N) is 2. The summed E-state index contributed by atoms with van der Waals surface area (Å²) in [4.78, 5) is 19.5. The molecule has 0 aliphatic carbocycles. The fraction of sp³-hybridized carbons (Fsp3) is 0.176. The third kappa shape index (κ3) is 3.99. The molecule has 3 rings (SSSR count). The summed E-state index contributed by atoms with van der Waals surface area (Å²) in [7, 11) is 0. The van der Waals surface area contributed by atoms with Gasteiger partial charge in [-0.15, -0.1) is 0 Å². The number of para-hydroxylation sites is 3. The monoisotopic (exact) mass is 363 g/mol. The first-order valence-electron chi connectivity index (χ1n) is 7.40. The number of imidazole rings is 1. The summed E-state index contributed by atoms with van der Waals surface area (Å²) in [5, 5.41) is 3.52. The molecule has 5 nitrogen and oxygen atoms in total. The Labute approximate surface area is 148 Å². The number of halogens is 2. The molecule has 2 N–H and O–H groups in total. The van der Waals surface area contributed by atoms with E-state index >= 15 is 0 Å². The van der Waals surface area contributed by atoms with Gasteiger partial charge in [0.15, 0.2) is 12.4 Å². The standard InChI is InChI=1S/C17H15Cl2N3O2/c18-11-4-3-5-12(19)17(11)24-10-16(23)20-9-8-15-21-13-6-1-2-7-14(13)22-15/h1-7H,8-10H2,(H,20,23)(H,21,22). The minimum Gasteiger partial charge on any atom is -0.481 e. The average molecular weight is 364 g/mol. The lowest BCUT2D eigenvalue weighted by Gasteiger charge is -2.09. The highest BCUT2D eigenvalue weighted by molar-refractivity contribution is 6.37. The van der Waals surface area contributed by atoms with Gasteiger partial charge in [0, 0.05) is 13.0 Å². The fourth-order valence-corrected chi connectivity index (χ4v) is 2.76. The first kappa shape index (κ1) is 16.6. The van der Waals surface area contributed by atoms with Crippen molar-refractivity contribution in [2.24, 2.45) is 0 Å². The van der Waals surface area contributed by atoms with Crippen molar-refractivity contribution in [1.29, 1.82) is 0 Å². The Morgan fingerprint density at radius 1 is 1.12 bits per heavy atom. The van der Waals surface area contributed by atoms with Gasteiger partial charge in [0.2, 0.25) is 0 Å². The van der Waals surface area contributed by atoms with E-state index in [-0.39, 0.29) is 12.5 Å². The number of aromatic amines is 1. The molecule has 3 aromatic rings. The van der Waals surface area contributed by atoms with Crippen LogP contribution in [0.3, 0.4) is 0 Å². The molecule has 0 bridgehead atoms. The first-order valence-corrected chi connectivity index (χ1v) is 8.16. The lowest BCUT2D eigenvalue weighted by Crippen LogP contribution is -2.30. The van der Waals surface area contributed by atoms with E-state index in [0.29, 0.717) is 28.8 Å². The van der Waals surface area contributed by atoms with E-state index in [2.05, 4.69) is 15.3 Å². The van der Waals surface area contributed by atoms with E-state index in [4.69, 9.17) is 27.9 Å². The van der Waals surface area contributed by atoms with E-state index in [9.17, 15) is 4.79 Å². The Kier molecular flexibility index (Phi) is 5.23. The molecule has 0 unspecified atom stereocenters. The SMILES string of the molecule is O=C(COc1c(Cl)cccc1Cl)NCCc1nc2ccccc2[nH]1. The maximum atomic E-state index is 11.8. The summed E-state index contributed by atoms with van der Waals surface area (Å²) in [6, 6.07) is 12.8. The summed E-state index contributed by atoms with van der Waals surface area (Å²) < 4.78 is 5.38. The fourth-order valence-electron chi connectivity index (χ4n) is 2.25. The third-order valence-electron chi connectivity index (χ3n) is 3.39. The largest absolute Gasteiger partial charge is 0.481 e. The van der Waals surface area contributed by atoms with E-state index in [1.54, 1.807) is 18.2 Å².